The van der Waals surface area contributed by atoms with E-state index in [0.29, 0.717) is 113 Å². The average molecular weight is 3030 g/mol. The summed E-state index contributed by atoms with van der Waals surface area (Å²) in [4.78, 5) is 128. The number of aldehydes is 1. The Labute approximate surface area is 887 Å². The quantitative estimate of drug-likeness (QED) is 0.00767. The number of methoxy groups -OCH3 is 1. The van der Waals surface area contributed by atoms with Crippen molar-refractivity contribution in [1.82, 2.24) is 19.9 Å². The molecule has 716 valence electrons. The topological polar surface area (TPSA) is 540 Å². The number of carbonyl (C=O) groups is 8. The Hall–Kier alpha value is -5.71. The van der Waals surface area contributed by atoms with Crippen molar-refractivity contribution in [2.75, 3.05) is 61.3 Å². The Kier molecular flexibility index (Phi) is 51.6. The molecular formula is C81H75BrCl9I8N13O18S3. The number of carboxylic acid groups (broad SMARTS) is 2. The van der Waals surface area contributed by atoms with Crippen molar-refractivity contribution in [2.24, 2.45) is 5.73 Å². The summed E-state index contributed by atoms with van der Waals surface area (Å²) in [6.07, 6.45) is 0.650. The maximum Gasteiger partial charge on any atom is 0.337 e. The van der Waals surface area contributed by atoms with E-state index in [0.717, 1.165) is 14.1 Å². The summed E-state index contributed by atoms with van der Waals surface area (Å²) in [6, 6.07) is 35.4. The maximum absolute atomic E-state index is 12.6. The number of H-pyrrole nitrogens is 2. The number of carbonyl (C=O) groups excluding carboxylic acids is 6. The molecule has 31 nitrogen and oxygen atoms in total. The number of hydrogen-bond acceptors (Lipinski definition) is 27. The van der Waals surface area contributed by atoms with Gasteiger partial charge in [-0.05, 0) is 146 Å². The van der Waals surface area contributed by atoms with Gasteiger partial charge in [-0.15, -0.1) is 34.0 Å². The number of nitrogens with one attached hydrogen (secondary N) is 2. The molecular weight excluding hydrogens is 2950 g/mol. The number of amides is 1. The third-order valence-corrected chi connectivity index (χ3v) is 354. The maximum atomic E-state index is 12.6. The van der Waals surface area contributed by atoms with Crippen molar-refractivity contribution in [1.29, 1.82) is 0 Å². The number of imidazole rings is 2. The van der Waals surface area contributed by atoms with Crippen LogP contribution in [0.25, 0.3) is 75.1 Å². The molecule has 5 aromatic heterocycles. The monoisotopic (exact) mass is 3020 g/mol. The number of fused-ring (bicyclic) bond motifs is 5. The fourth-order valence-corrected chi connectivity index (χ4v) is 436. The molecule has 1 amide bonds. The number of thiophene rings is 3. The number of anilines is 6. The molecule has 0 spiro atoms. The van der Waals surface area contributed by atoms with E-state index in [9.17, 15) is 63.7 Å². The number of halogens is 18. The molecule has 0 aliphatic rings. The van der Waals surface area contributed by atoms with E-state index < -0.39 is 51.6 Å². The zero-order valence-electron chi connectivity index (χ0n) is 65.2. The van der Waals surface area contributed by atoms with E-state index in [1.807, 2.05) is 24.3 Å². The SMILES string of the molecule is C.C.C.C.CCOC(=O)c1sc2cccc(Cl)c2c1-c1nc2c(Cl)c(C(=O)O)ccc2[nH]1.CCOC(=O)c1sc2cccc(Cl)c2c1-c1nc2c(Cl)c(C(N)=O)ccc2[nH]1.CCOC(=O)c1sc2cccc(Cl)c2c1C=O.COC(=O)c1ccc(N)c(N)c1Cl.II(I)I(I)I(I)I.Nc1ccc(Br)c(Cl)c1[N+](=O)[O-].Nc1ccc(C(=O)O)c(Cl)c1N.Nc1cccc(Cl)c1[N+](=O)[O-]. The number of aromatic amines is 2. The molecule has 0 bridgehead atoms. The van der Waals surface area contributed by atoms with Crippen molar-refractivity contribution < 1.29 is 77.4 Å². The average Bonchev–Trinajstić information content (AvgIpc) is 1.58. The predicted molar refractivity (Wildman–Crippen MR) is 620 cm³/mol. The summed E-state index contributed by atoms with van der Waals surface area (Å²) in [5.74, 6) is -4.09. The number of nitrogens with zero attached hydrogens (tertiary/aromatic N) is 4. The number of hydrogen-bond donors (Lipinski definition) is 11. The van der Waals surface area contributed by atoms with Crippen molar-refractivity contribution in [3.8, 4) is 22.8 Å². The van der Waals surface area contributed by atoms with Gasteiger partial charge in [-0.3, -0.25) is 29.8 Å². The van der Waals surface area contributed by atoms with Crippen molar-refractivity contribution in [2.45, 2.75) is 50.5 Å². The fourth-order valence-electron chi connectivity index (χ4n) is 10.8. The number of nitrogen functional groups attached to an aromatic ring is 6. The summed E-state index contributed by atoms with van der Waals surface area (Å²) in [7, 11) is 0.327. The molecule has 0 unspecified atom stereocenters. The third kappa shape index (κ3) is 30.7. The van der Waals surface area contributed by atoms with Gasteiger partial charge in [0.2, 0.25) is 5.91 Å². The second-order valence-electron chi connectivity index (χ2n) is 24.2. The summed E-state index contributed by atoms with van der Waals surface area (Å²) >= 11 is 74.4. The second kappa shape index (κ2) is 56.5. The minimum absolute atomic E-state index is 0. The van der Waals surface area contributed by atoms with Crippen molar-refractivity contribution in [3.63, 3.8) is 0 Å². The van der Waals surface area contributed by atoms with Crippen LogP contribution in [0.15, 0.2) is 138 Å². The number of aromatic nitrogens is 4. The van der Waals surface area contributed by atoms with Gasteiger partial charge in [0.1, 0.15) is 58.7 Å². The number of rotatable bonds is 17. The Balaban J connectivity index is 0.000000404. The number of primary amides is 1. The number of aromatic carboxylic acids is 2. The first-order valence-electron chi connectivity index (χ1n) is 34.8. The van der Waals surface area contributed by atoms with Gasteiger partial charge >= 0.3 is 164 Å². The van der Waals surface area contributed by atoms with E-state index in [2.05, 4.69) is 134 Å². The van der Waals surface area contributed by atoms with Gasteiger partial charge in [-0.25, -0.2) is 38.7 Å². The number of nitro benzene ring substituents is 2. The number of esters is 4. The van der Waals surface area contributed by atoms with Crippen LogP contribution in [0.4, 0.5) is 45.5 Å². The molecule has 0 radical (unpaired) electrons. The van der Waals surface area contributed by atoms with E-state index in [-0.39, 0.29) is 165 Å². The van der Waals surface area contributed by atoms with Crippen LogP contribution in [-0.2, 0) is 18.9 Å². The first kappa shape index (κ1) is 121. The van der Waals surface area contributed by atoms with Crippen LogP contribution in [0, 0.1) is 20.2 Å². The minimum atomic E-state index is -1.15. The summed E-state index contributed by atoms with van der Waals surface area (Å²) in [5, 5.41) is 42.4. The van der Waals surface area contributed by atoms with Gasteiger partial charge in [0.25, 0.3) is 0 Å². The smallest absolute Gasteiger partial charge is 0.337 e. The zero-order valence-corrected chi connectivity index (χ0v) is 93.3. The Morgan fingerprint density at radius 1 is 0.466 bits per heavy atom. The fraction of sp³-hybridized carbons (Fsp3) is 0.136. The van der Waals surface area contributed by atoms with Crippen LogP contribution >= 0.6 is 271 Å². The first-order valence-corrected chi connectivity index (χ1v) is 85.5. The van der Waals surface area contributed by atoms with Crippen LogP contribution in [0.3, 0.4) is 0 Å². The molecule has 9 aromatic carbocycles. The van der Waals surface area contributed by atoms with E-state index in [1.165, 1.54) is 95.7 Å². The predicted octanol–water partition coefficient (Wildman–Crippen LogP) is 30.7. The van der Waals surface area contributed by atoms with Crippen molar-refractivity contribution >= 4 is 417 Å². The molecule has 0 aliphatic carbocycles. The van der Waals surface area contributed by atoms with E-state index in [1.54, 1.807) is 75.4 Å². The molecule has 14 rings (SSSR count). The van der Waals surface area contributed by atoms with Crippen LogP contribution in [0.1, 0.15) is 131 Å². The number of benzene rings is 9. The van der Waals surface area contributed by atoms with Gasteiger partial charge in [0.15, 0.2) is 6.29 Å². The number of para-hydroxylation sites is 1. The molecule has 0 saturated heterocycles. The molecule has 0 atom stereocenters. The minimum Gasteiger partial charge on any atom is -0.478 e. The third-order valence-electron chi connectivity index (χ3n) is 16.4. The largest absolute Gasteiger partial charge is 0.478 e. The molecule has 5 heterocycles. The number of ether oxygens (including phenoxy) is 4. The molecule has 14 aromatic rings. The van der Waals surface area contributed by atoms with Gasteiger partial charge in [0.05, 0.1) is 134 Å². The Morgan fingerprint density at radius 2 is 0.812 bits per heavy atom. The first-order chi connectivity index (χ1) is 60.8. The number of nitro groups is 2. The van der Waals surface area contributed by atoms with Crippen LogP contribution in [0.2, 0.25) is 45.2 Å². The molecule has 0 aliphatic heterocycles. The zero-order chi connectivity index (χ0) is 96.2. The van der Waals surface area contributed by atoms with Crippen molar-refractivity contribution in [3.05, 3.63) is 246 Å². The van der Waals surface area contributed by atoms with E-state index in [4.69, 9.17) is 164 Å². The number of carboxylic acids is 2. The molecule has 133 heavy (non-hydrogen) atoms. The molecule has 0 fully saturated rings. The summed E-state index contributed by atoms with van der Waals surface area (Å²) in [5.41, 5.74) is 41.9. The van der Waals surface area contributed by atoms with Gasteiger partial charge in [-0.1, -0.05) is 158 Å². The van der Waals surface area contributed by atoms with Crippen LogP contribution in [0.5, 0.6) is 0 Å². The van der Waals surface area contributed by atoms with E-state index >= 15 is 0 Å². The van der Waals surface area contributed by atoms with Gasteiger partial charge in [0, 0.05) is 45.3 Å². The number of nitrogens with two attached hydrogens (primary N) is 7. The molecule has 52 heteroatoms. The normalized spacial score (nSPS) is 10.5. The molecule has 0 saturated carbocycles. The summed E-state index contributed by atoms with van der Waals surface area (Å²) < 4.78 is 22.7. The standard InChI is InChI=1S/C19H13Cl2N3O3S.C19H12Cl2N2O4S.C12H9ClO3S.C8H9ClN2O2.C7H7ClN2O2.C6H4BrClN2O2.C6H5ClN2O2.4CH4.I8/c1-2-27-19(26)16-13(12-9(20)4-3-5-11(12)28-16)18-23-10-7-6-8(17(22)25)14(21)15(10)24-18;1-2-27-19(26)16-13(12-9(20)4-3-5-11(12)28-16)17-22-10-7-6-8(18(24)25)14(21)15(10)23-17;1-2-16-12(15)11-7(6-14)10-8(13)4-3-5-9(10)17-11;1-13-8(12)4-2-3-5(10)7(11)6(4)9;8-5-3(7(11)12)1-2-4(9)6(5)10;7-3-1-2-4(9)6(5(3)8)10(11)12;7-4-2-1-3-5(8)6(4)9(10)11;;;;;1-6(2)8(5)7(3)4/h3-7H,2H2,1H3,(H2,22,25)(H,23,24);3-7H,2H2,1H3,(H,22,23)(H,24,25);3-6H,2H2,1H3;2-3H,10-11H2,1H3;1-2H,9-10H2,(H,11,12);1-2H,9H2;1-3H,8H2;4*1H4;. The van der Waals surface area contributed by atoms with Crippen LogP contribution in [-0.4, -0.2) is 115 Å². The second-order valence-corrected chi connectivity index (χ2v) is 178. The van der Waals surface area contributed by atoms with Crippen LogP contribution < -0.4 is 40.1 Å². The molecule has 18 N–H and O–H groups in total. The Morgan fingerprint density at radius 3 is 1.18 bits per heavy atom. The van der Waals surface area contributed by atoms with Gasteiger partial charge < -0.3 is 79.3 Å². The summed E-state index contributed by atoms with van der Waals surface area (Å²) in [6.45, 7) is 5.94. The van der Waals surface area contributed by atoms with Gasteiger partial charge in [-0.2, -0.15) is 0 Å². The Bertz CT molecular complexity index is 6460.